The lowest BCUT2D eigenvalue weighted by Crippen LogP contribution is -2.29. The van der Waals surface area contributed by atoms with Gasteiger partial charge in [0.05, 0.1) is 41.2 Å². The molecule has 1 fully saturated rings. The number of Topliss-reactive ketones (excluding diaryl/α,β-unsaturated/α-hetero) is 1. The second-order valence-electron chi connectivity index (χ2n) is 10.7. The molecule has 1 N–H and O–H groups in total. The van der Waals surface area contributed by atoms with Gasteiger partial charge in [0, 0.05) is 11.2 Å². The average Bonchev–Trinajstić information content (AvgIpc) is 3.67. The van der Waals surface area contributed by atoms with Gasteiger partial charge in [-0.15, -0.1) is 0 Å². The van der Waals surface area contributed by atoms with E-state index in [0.29, 0.717) is 50.7 Å². The molecule has 11 heteroatoms. The number of amides is 1. The van der Waals surface area contributed by atoms with Crippen molar-refractivity contribution >= 4 is 61.4 Å². The average molecular weight is 631 g/mol. The number of methoxy groups -OCH3 is 1. The molecule has 0 radical (unpaired) electrons. The van der Waals surface area contributed by atoms with E-state index in [1.54, 1.807) is 36.4 Å². The summed E-state index contributed by atoms with van der Waals surface area (Å²) in [6.45, 7) is 6.39. The fourth-order valence-electron chi connectivity index (χ4n) is 5.52. The van der Waals surface area contributed by atoms with Gasteiger partial charge in [0.15, 0.2) is 22.4 Å². The summed E-state index contributed by atoms with van der Waals surface area (Å²) in [5.41, 5.74) is 3.49. The van der Waals surface area contributed by atoms with Crippen LogP contribution in [0.15, 0.2) is 60.3 Å². The Morgan fingerprint density at radius 3 is 2.64 bits per heavy atom. The Balaban J connectivity index is 1.53. The highest BCUT2D eigenvalue weighted by Gasteiger charge is 2.49. The molecule has 226 valence electrons. The van der Waals surface area contributed by atoms with Crippen molar-refractivity contribution in [3.8, 4) is 11.5 Å². The van der Waals surface area contributed by atoms with E-state index in [4.69, 9.17) is 21.1 Å². The van der Waals surface area contributed by atoms with Gasteiger partial charge in [-0.05, 0) is 67.8 Å². The highest BCUT2D eigenvalue weighted by atomic mass is 35.5. The van der Waals surface area contributed by atoms with E-state index in [0.717, 1.165) is 29.5 Å². The molecular weight excluding hydrogens is 600 g/mol. The number of rotatable bonds is 9. The minimum absolute atomic E-state index is 0.0879. The number of hydrogen-bond donors (Lipinski definition) is 1. The molecule has 0 spiro atoms. The lowest BCUT2D eigenvalue weighted by molar-refractivity contribution is -0.132. The number of ketones is 1. The Kier molecular flexibility index (Phi) is 8.04. The van der Waals surface area contributed by atoms with Gasteiger partial charge in [0.1, 0.15) is 11.3 Å². The fourth-order valence-corrected chi connectivity index (χ4v) is 6.78. The van der Waals surface area contributed by atoms with Crippen molar-refractivity contribution < 1.29 is 24.2 Å². The second kappa shape index (κ2) is 11.9. The molecule has 6 rings (SSSR count). The fraction of sp³-hybridized carbons (Fsp3) is 0.273. The standard InChI is InChI=1S/C33H31ClN4O5S/c1-5-6-7-15-43-23-13-10-20(16-24(23)42-4)28-26(29(39)27-19(3)37-14-8-9-18(2)31(37)36-27)30(40)32(41)38(28)33-35-22-12-11-21(34)17-25(22)44-33/h8-14,16-17,28,39H,5-7,15H2,1-4H3/b29-26+. The normalized spacial score (nSPS) is 16.4. The molecule has 3 aromatic heterocycles. The number of unbranched alkanes of at least 4 members (excludes halogenated alkanes) is 2. The van der Waals surface area contributed by atoms with E-state index < -0.39 is 17.7 Å². The van der Waals surface area contributed by atoms with Crippen LogP contribution in [0.4, 0.5) is 5.13 Å². The monoisotopic (exact) mass is 630 g/mol. The zero-order chi connectivity index (χ0) is 31.1. The molecule has 9 nitrogen and oxygen atoms in total. The van der Waals surface area contributed by atoms with Crippen molar-refractivity contribution in [2.24, 2.45) is 0 Å². The van der Waals surface area contributed by atoms with Gasteiger partial charge in [0.25, 0.3) is 5.78 Å². The Bertz CT molecular complexity index is 1960. The van der Waals surface area contributed by atoms with Crippen LogP contribution in [-0.4, -0.2) is 44.9 Å². The molecule has 1 atom stereocenters. The molecule has 0 bridgehead atoms. The van der Waals surface area contributed by atoms with Crippen molar-refractivity contribution in [2.75, 3.05) is 18.6 Å². The van der Waals surface area contributed by atoms with E-state index in [9.17, 15) is 14.7 Å². The number of halogens is 1. The highest BCUT2D eigenvalue weighted by molar-refractivity contribution is 7.22. The van der Waals surface area contributed by atoms with Crippen LogP contribution in [0.1, 0.15) is 54.7 Å². The minimum atomic E-state index is -1.01. The zero-order valence-electron chi connectivity index (χ0n) is 24.8. The number of thiazole rings is 1. The molecule has 1 saturated heterocycles. The number of aliphatic hydroxyl groups is 1. The SMILES string of the molecule is CCCCCOc1ccc(C2/C(=C(\O)c3nc4c(C)cccn4c3C)C(=O)C(=O)N2c2nc3ccc(Cl)cc3s2)cc1OC. The smallest absolute Gasteiger partial charge is 0.301 e. The van der Waals surface area contributed by atoms with E-state index >= 15 is 0 Å². The number of nitrogens with zero attached hydrogens (tertiary/aromatic N) is 4. The number of pyridine rings is 1. The quantitative estimate of drug-likeness (QED) is 0.0782. The highest BCUT2D eigenvalue weighted by Crippen LogP contribution is 2.46. The second-order valence-corrected chi connectivity index (χ2v) is 12.1. The predicted octanol–water partition coefficient (Wildman–Crippen LogP) is 7.42. The number of imidazole rings is 1. The third kappa shape index (κ3) is 5.07. The first kappa shape index (κ1) is 29.7. The number of carbonyl (C=O) groups excluding carboxylic acids is 2. The molecule has 1 amide bonds. The molecule has 5 aromatic rings. The van der Waals surface area contributed by atoms with E-state index in [2.05, 4.69) is 16.9 Å². The summed E-state index contributed by atoms with van der Waals surface area (Å²) >= 11 is 7.46. The van der Waals surface area contributed by atoms with Gasteiger partial charge in [0.2, 0.25) is 0 Å². The van der Waals surface area contributed by atoms with Crippen molar-refractivity contribution in [1.29, 1.82) is 0 Å². The maximum Gasteiger partial charge on any atom is 0.301 e. The number of aryl methyl sites for hydroxylation is 2. The van der Waals surface area contributed by atoms with Crippen molar-refractivity contribution in [2.45, 2.75) is 46.1 Å². The number of hydrogen-bond acceptors (Lipinski definition) is 8. The summed E-state index contributed by atoms with van der Waals surface area (Å²) in [6.07, 6.45) is 4.86. The Morgan fingerprint density at radius 2 is 1.89 bits per heavy atom. The number of benzene rings is 2. The Labute approximate surface area is 263 Å². The number of aliphatic hydroxyl groups excluding tert-OH is 1. The summed E-state index contributed by atoms with van der Waals surface area (Å²) in [6, 6.07) is 13.3. The van der Waals surface area contributed by atoms with Crippen LogP contribution in [-0.2, 0) is 9.59 Å². The maximum absolute atomic E-state index is 13.8. The lowest BCUT2D eigenvalue weighted by Gasteiger charge is -2.23. The Hall–Kier alpha value is -4.41. The zero-order valence-corrected chi connectivity index (χ0v) is 26.3. The van der Waals surface area contributed by atoms with Gasteiger partial charge in [-0.1, -0.05) is 54.8 Å². The third-order valence-electron chi connectivity index (χ3n) is 7.81. The summed E-state index contributed by atoms with van der Waals surface area (Å²) < 4.78 is 14.3. The molecule has 44 heavy (non-hydrogen) atoms. The van der Waals surface area contributed by atoms with E-state index in [-0.39, 0.29) is 17.0 Å². The van der Waals surface area contributed by atoms with Crippen LogP contribution >= 0.6 is 22.9 Å². The van der Waals surface area contributed by atoms with Crippen LogP contribution in [0.2, 0.25) is 5.02 Å². The van der Waals surface area contributed by atoms with Gasteiger partial charge in [-0.3, -0.25) is 14.5 Å². The lowest BCUT2D eigenvalue weighted by atomic mass is 9.96. The molecule has 1 aliphatic heterocycles. The number of ether oxygens (including phenoxy) is 2. The predicted molar refractivity (Wildman–Crippen MR) is 172 cm³/mol. The van der Waals surface area contributed by atoms with Crippen molar-refractivity contribution in [3.63, 3.8) is 0 Å². The number of carbonyl (C=O) groups is 2. The van der Waals surface area contributed by atoms with Crippen LogP contribution in [0, 0.1) is 13.8 Å². The largest absolute Gasteiger partial charge is 0.505 e. The van der Waals surface area contributed by atoms with Gasteiger partial charge >= 0.3 is 5.91 Å². The number of aromatic nitrogens is 3. The molecular formula is C33H31ClN4O5S. The number of fused-ring (bicyclic) bond motifs is 2. The minimum Gasteiger partial charge on any atom is -0.505 e. The van der Waals surface area contributed by atoms with Crippen molar-refractivity contribution in [3.05, 3.63) is 87.8 Å². The first-order chi connectivity index (χ1) is 21.2. The van der Waals surface area contributed by atoms with Gasteiger partial charge in [-0.2, -0.15) is 0 Å². The summed E-state index contributed by atoms with van der Waals surface area (Å²) in [4.78, 5) is 38.3. The van der Waals surface area contributed by atoms with E-state index in [1.807, 2.05) is 36.6 Å². The van der Waals surface area contributed by atoms with Crippen LogP contribution in [0.3, 0.4) is 0 Å². The van der Waals surface area contributed by atoms with Crippen LogP contribution in [0.5, 0.6) is 11.5 Å². The summed E-state index contributed by atoms with van der Waals surface area (Å²) in [5, 5.41) is 12.6. The summed E-state index contributed by atoms with van der Waals surface area (Å²) in [7, 11) is 1.54. The molecule has 1 unspecified atom stereocenters. The van der Waals surface area contributed by atoms with E-state index in [1.165, 1.54) is 23.3 Å². The first-order valence-corrected chi connectivity index (χ1v) is 15.5. The third-order valence-corrected chi connectivity index (χ3v) is 9.06. The van der Waals surface area contributed by atoms with Crippen molar-refractivity contribution in [1.82, 2.24) is 14.4 Å². The van der Waals surface area contributed by atoms with Crippen LogP contribution < -0.4 is 14.4 Å². The molecule has 1 aliphatic rings. The molecule has 0 aliphatic carbocycles. The van der Waals surface area contributed by atoms with Gasteiger partial charge in [-0.25, -0.2) is 9.97 Å². The number of anilines is 1. The molecule has 0 saturated carbocycles. The maximum atomic E-state index is 13.8. The topological polar surface area (TPSA) is 106 Å². The summed E-state index contributed by atoms with van der Waals surface area (Å²) in [5.74, 6) is -1.01. The Morgan fingerprint density at radius 1 is 1.07 bits per heavy atom. The van der Waals surface area contributed by atoms with Gasteiger partial charge < -0.3 is 19.0 Å². The molecule has 4 heterocycles. The van der Waals surface area contributed by atoms with Crippen LogP contribution in [0.25, 0.3) is 21.6 Å². The first-order valence-electron chi connectivity index (χ1n) is 14.4. The molecule has 2 aromatic carbocycles.